The maximum Gasteiger partial charge on any atom is 0.225 e. The lowest BCUT2D eigenvalue weighted by Crippen LogP contribution is -2.44. The van der Waals surface area contributed by atoms with E-state index in [1.165, 1.54) is 0 Å². The molecule has 0 unspecified atom stereocenters. The fourth-order valence-corrected chi connectivity index (χ4v) is 1.45. The molecule has 14 heavy (non-hydrogen) atoms. The number of aromatic nitrogens is 2. The van der Waals surface area contributed by atoms with Gasteiger partial charge in [0.15, 0.2) is 0 Å². The summed E-state index contributed by atoms with van der Waals surface area (Å²) in [5.74, 6) is 0.863. The quantitative estimate of drug-likeness (QED) is 0.744. The van der Waals surface area contributed by atoms with Crippen LogP contribution in [0.15, 0.2) is 12.3 Å². The summed E-state index contributed by atoms with van der Waals surface area (Å²) in [6.07, 6.45) is 1.82. The van der Waals surface area contributed by atoms with Gasteiger partial charge in [0.2, 0.25) is 5.95 Å². The van der Waals surface area contributed by atoms with Crippen LogP contribution < -0.4 is 10.2 Å². The van der Waals surface area contributed by atoms with E-state index in [0.717, 1.165) is 37.8 Å². The monoisotopic (exact) mass is 214 g/mol. The zero-order valence-electron chi connectivity index (χ0n) is 8.23. The first-order valence-corrected chi connectivity index (χ1v) is 4.61. The molecule has 2 heterocycles. The molecule has 0 spiro atoms. The van der Waals surface area contributed by atoms with Crippen LogP contribution in [0.4, 0.5) is 5.95 Å². The van der Waals surface area contributed by atoms with Crippen molar-refractivity contribution < 1.29 is 0 Å². The molecule has 0 radical (unpaired) electrons. The molecule has 2 rings (SSSR count). The summed E-state index contributed by atoms with van der Waals surface area (Å²) in [4.78, 5) is 10.8. The SMILES string of the molecule is Cc1ccnc(N2CCNCC2)n1.Cl. The van der Waals surface area contributed by atoms with E-state index in [9.17, 15) is 0 Å². The standard InChI is InChI=1S/C9H14N4.ClH/c1-8-2-3-11-9(12-8)13-6-4-10-5-7-13;/h2-3,10H,4-7H2,1H3;1H. The summed E-state index contributed by atoms with van der Waals surface area (Å²) >= 11 is 0. The predicted molar refractivity (Wildman–Crippen MR) is 59.1 cm³/mol. The fourth-order valence-electron chi connectivity index (χ4n) is 1.45. The lowest BCUT2D eigenvalue weighted by molar-refractivity contribution is 0.579. The van der Waals surface area contributed by atoms with Crippen LogP contribution in [0.5, 0.6) is 0 Å². The van der Waals surface area contributed by atoms with Crippen molar-refractivity contribution in [3.8, 4) is 0 Å². The molecular weight excluding hydrogens is 200 g/mol. The summed E-state index contributed by atoms with van der Waals surface area (Å²) in [6.45, 7) is 6.05. The highest BCUT2D eigenvalue weighted by Crippen LogP contribution is 2.07. The van der Waals surface area contributed by atoms with E-state index in [1.807, 2.05) is 19.2 Å². The van der Waals surface area contributed by atoms with Crippen molar-refractivity contribution in [3.63, 3.8) is 0 Å². The molecule has 1 aliphatic rings. The number of hydrogen-bond acceptors (Lipinski definition) is 4. The number of hydrogen-bond donors (Lipinski definition) is 1. The van der Waals surface area contributed by atoms with Crippen molar-refractivity contribution in [2.45, 2.75) is 6.92 Å². The number of halogens is 1. The fraction of sp³-hybridized carbons (Fsp3) is 0.556. The molecule has 1 aliphatic heterocycles. The molecule has 0 bridgehead atoms. The summed E-state index contributed by atoms with van der Waals surface area (Å²) < 4.78 is 0. The lowest BCUT2D eigenvalue weighted by Gasteiger charge is -2.27. The smallest absolute Gasteiger partial charge is 0.225 e. The van der Waals surface area contributed by atoms with Gasteiger partial charge < -0.3 is 10.2 Å². The van der Waals surface area contributed by atoms with Crippen molar-refractivity contribution in [1.29, 1.82) is 0 Å². The lowest BCUT2D eigenvalue weighted by atomic mass is 10.4. The largest absolute Gasteiger partial charge is 0.338 e. The molecule has 1 N–H and O–H groups in total. The first kappa shape index (κ1) is 11.2. The molecule has 0 atom stereocenters. The van der Waals surface area contributed by atoms with Gasteiger partial charge >= 0.3 is 0 Å². The highest BCUT2D eigenvalue weighted by Gasteiger charge is 2.11. The van der Waals surface area contributed by atoms with Crippen LogP contribution in [0.1, 0.15) is 5.69 Å². The second-order valence-corrected chi connectivity index (χ2v) is 3.24. The Morgan fingerprint density at radius 1 is 1.36 bits per heavy atom. The van der Waals surface area contributed by atoms with Gasteiger partial charge in [-0.2, -0.15) is 0 Å². The van der Waals surface area contributed by atoms with Crippen LogP contribution in [0.3, 0.4) is 0 Å². The zero-order valence-corrected chi connectivity index (χ0v) is 9.05. The Morgan fingerprint density at radius 2 is 2.07 bits per heavy atom. The van der Waals surface area contributed by atoms with E-state index in [4.69, 9.17) is 0 Å². The van der Waals surface area contributed by atoms with Gasteiger partial charge in [0.25, 0.3) is 0 Å². The Hall–Kier alpha value is -0.870. The normalized spacial score (nSPS) is 16.2. The third kappa shape index (κ3) is 2.56. The number of nitrogens with zero attached hydrogens (tertiary/aromatic N) is 3. The summed E-state index contributed by atoms with van der Waals surface area (Å²) in [5.41, 5.74) is 1.03. The van der Waals surface area contributed by atoms with Gasteiger partial charge in [0.05, 0.1) is 0 Å². The Bertz CT molecular complexity index is 286. The number of rotatable bonds is 1. The van der Waals surface area contributed by atoms with Gasteiger partial charge in [-0.05, 0) is 13.0 Å². The number of aryl methyl sites for hydroxylation is 1. The van der Waals surface area contributed by atoms with Gasteiger partial charge in [-0.1, -0.05) is 0 Å². The second-order valence-electron chi connectivity index (χ2n) is 3.24. The summed E-state index contributed by atoms with van der Waals surface area (Å²) in [7, 11) is 0. The van der Waals surface area contributed by atoms with E-state index in [0.29, 0.717) is 0 Å². The highest BCUT2D eigenvalue weighted by molar-refractivity contribution is 5.85. The number of piperazine rings is 1. The van der Waals surface area contributed by atoms with Gasteiger partial charge in [-0.3, -0.25) is 0 Å². The molecule has 1 aromatic rings. The minimum absolute atomic E-state index is 0. The molecule has 1 saturated heterocycles. The molecule has 1 fully saturated rings. The first-order valence-electron chi connectivity index (χ1n) is 4.61. The van der Waals surface area contributed by atoms with Gasteiger partial charge in [0.1, 0.15) is 0 Å². The van der Waals surface area contributed by atoms with Crippen molar-refractivity contribution in [2.24, 2.45) is 0 Å². The van der Waals surface area contributed by atoms with E-state index in [1.54, 1.807) is 0 Å². The van der Waals surface area contributed by atoms with Crippen molar-refractivity contribution in [2.75, 3.05) is 31.1 Å². The Morgan fingerprint density at radius 3 is 2.71 bits per heavy atom. The molecule has 78 valence electrons. The average Bonchev–Trinajstić information content (AvgIpc) is 2.19. The number of nitrogens with one attached hydrogen (secondary N) is 1. The van der Waals surface area contributed by atoms with E-state index < -0.39 is 0 Å². The Balaban J connectivity index is 0.000000980. The highest BCUT2D eigenvalue weighted by atomic mass is 35.5. The molecule has 0 saturated carbocycles. The topological polar surface area (TPSA) is 41.1 Å². The van der Waals surface area contributed by atoms with Crippen molar-refractivity contribution in [3.05, 3.63) is 18.0 Å². The first-order chi connectivity index (χ1) is 6.36. The van der Waals surface area contributed by atoms with Crippen molar-refractivity contribution in [1.82, 2.24) is 15.3 Å². The molecule has 0 amide bonds. The van der Waals surface area contributed by atoms with Crippen LogP contribution in [-0.2, 0) is 0 Å². The molecule has 1 aromatic heterocycles. The van der Waals surface area contributed by atoms with Crippen LogP contribution in [0.25, 0.3) is 0 Å². The van der Waals surface area contributed by atoms with Gasteiger partial charge in [-0.25, -0.2) is 9.97 Å². The molecule has 0 aliphatic carbocycles. The Kier molecular flexibility index (Phi) is 4.10. The minimum atomic E-state index is 0. The molecular formula is C9H15ClN4. The maximum absolute atomic E-state index is 4.38. The van der Waals surface area contributed by atoms with Crippen LogP contribution in [-0.4, -0.2) is 36.1 Å². The van der Waals surface area contributed by atoms with Crippen LogP contribution in [0.2, 0.25) is 0 Å². The van der Waals surface area contributed by atoms with Gasteiger partial charge in [-0.15, -0.1) is 12.4 Å². The zero-order chi connectivity index (χ0) is 9.10. The minimum Gasteiger partial charge on any atom is -0.338 e. The molecule has 5 heteroatoms. The van der Waals surface area contributed by atoms with E-state index in [-0.39, 0.29) is 12.4 Å². The van der Waals surface area contributed by atoms with Crippen LogP contribution in [0, 0.1) is 6.92 Å². The maximum atomic E-state index is 4.38. The van der Waals surface area contributed by atoms with Gasteiger partial charge in [0, 0.05) is 38.1 Å². The third-order valence-corrected chi connectivity index (χ3v) is 2.18. The average molecular weight is 215 g/mol. The van der Waals surface area contributed by atoms with E-state index >= 15 is 0 Å². The Labute approximate surface area is 90.2 Å². The number of anilines is 1. The molecule has 0 aromatic carbocycles. The molecule has 4 nitrogen and oxygen atoms in total. The second kappa shape index (κ2) is 5.12. The predicted octanol–water partition coefficient (Wildman–Crippen LogP) is 0.616. The van der Waals surface area contributed by atoms with Crippen molar-refractivity contribution >= 4 is 18.4 Å². The summed E-state index contributed by atoms with van der Waals surface area (Å²) in [6, 6.07) is 1.92. The van der Waals surface area contributed by atoms with E-state index in [2.05, 4.69) is 20.2 Å². The summed E-state index contributed by atoms with van der Waals surface area (Å²) in [5, 5.41) is 3.30. The third-order valence-electron chi connectivity index (χ3n) is 2.18. The van der Waals surface area contributed by atoms with Crippen LogP contribution >= 0.6 is 12.4 Å².